The van der Waals surface area contributed by atoms with Crippen molar-refractivity contribution in [1.29, 1.82) is 0 Å². The molecule has 0 radical (unpaired) electrons. The van der Waals surface area contributed by atoms with E-state index in [1.54, 1.807) is 0 Å². The van der Waals surface area contributed by atoms with Crippen molar-refractivity contribution >= 4 is 17.3 Å². The van der Waals surface area contributed by atoms with E-state index in [1.807, 2.05) is 26.0 Å². The molecule has 3 N–H and O–H groups in total. The molecule has 19 heavy (non-hydrogen) atoms. The van der Waals surface area contributed by atoms with Gasteiger partial charge in [0.05, 0.1) is 5.60 Å². The Morgan fingerprint density at radius 2 is 2.11 bits per heavy atom. The van der Waals surface area contributed by atoms with E-state index in [9.17, 15) is 5.11 Å². The quantitative estimate of drug-likeness (QED) is 0.876. The largest absolute Gasteiger partial charge is 0.390 e. The van der Waals surface area contributed by atoms with Crippen LogP contribution in [0, 0.1) is 0 Å². The summed E-state index contributed by atoms with van der Waals surface area (Å²) in [5.74, 6) is 0. The number of nitrogens with two attached hydrogens (primary N) is 1. The minimum absolute atomic E-state index is 0.0496. The van der Waals surface area contributed by atoms with Crippen LogP contribution in [0.5, 0.6) is 0 Å². The summed E-state index contributed by atoms with van der Waals surface area (Å²) < 4.78 is 0. The Bertz CT molecular complexity index is 446. The van der Waals surface area contributed by atoms with Crippen LogP contribution >= 0.6 is 11.6 Å². The van der Waals surface area contributed by atoms with Crippen molar-refractivity contribution < 1.29 is 5.11 Å². The van der Waals surface area contributed by atoms with Gasteiger partial charge in [-0.2, -0.15) is 0 Å². The van der Waals surface area contributed by atoms with Crippen molar-refractivity contribution in [3.8, 4) is 0 Å². The zero-order valence-electron chi connectivity index (χ0n) is 11.7. The summed E-state index contributed by atoms with van der Waals surface area (Å²) in [6.07, 6.45) is 2.65. The molecule has 0 aromatic heterocycles. The topological polar surface area (TPSA) is 49.5 Å². The molecule has 3 nitrogen and oxygen atoms in total. The molecule has 0 aliphatic carbocycles. The standard InChI is InChI=1S/C15H23ClN2O/c1-11(17)13-5-4-12(10-14(13)16)18-8-3-6-15(2,19)7-9-18/h4-5,10-11,19H,3,6-9,17H2,1-2H3. The SMILES string of the molecule is CC(N)c1ccc(N2CCCC(C)(O)CC2)cc1Cl. The second-order valence-electron chi connectivity index (χ2n) is 5.83. The van der Waals surface area contributed by atoms with Crippen LogP contribution in [0.1, 0.15) is 44.7 Å². The lowest BCUT2D eigenvalue weighted by Crippen LogP contribution is -2.28. The zero-order chi connectivity index (χ0) is 14.0. The number of halogens is 1. The fourth-order valence-electron chi connectivity index (χ4n) is 2.60. The molecule has 0 spiro atoms. The summed E-state index contributed by atoms with van der Waals surface area (Å²) >= 11 is 6.28. The molecule has 1 aliphatic rings. The smallest absolute Gasteiger partial charge is 0.0637 e. The van der Waals surface area contributed by atoms with Gasteiger partial charge in [0.1, 0.15) is 0 Å². The Balaban J connectivity index is 2.16. The van der Waals surface area contributed by atoms with Gasteiger partial charge in [0.2, 0.25) is 0 Å². The van der Waals surface area contributed by atoms with Crippen molar-refractivity contribution in [2.45, 2.75) is 44.8 Å². The molecule has 1 heterocycles. The van der Waals surface area contributed by atoms with Crippen LogP contribution < -0.4 is 10.6 Å². The normalized spacial score (nSPS) is 26.1. The summed E-state index contributed by atoms with van der Waals surface area (Å²) in [4.78, 5) is 2.29. The maximum Gasteiger partial charge on any atom is 0.0637 e. The first-order valence-electron chi connectivity index (χ1n) is 6.91. The van der Waals surface area contributed by atoms with E-state index in [0.717, 1.165) is 48.6 Å². The molecule has 2 rings (SSSR count). The maximum atomic E-state index is 10.1. The van der Waals surface area contributed by atoms with Crippen LogP contribution in [0.15, 0.2) is 18.2 Å². The highest BCUT2D eigenvalue weighted by Gasteiger charge is 2.25. The van der Waals surface area contributed by atoms with Gasteiger partial charge in [-0.3, -0.25) is 0 Å². The summed E-state index contributed by atoms with van der Waals surface area (Å²) in [5.41, 5.74) is 7.43. The van der Waals surface area contributed by atoms with Crippen molar-refractivity contribution in [3.63, 3.8) is 0 Å². The van der Waals surface area contributed by atoms with Crippen molar-refractivity contribution in [3.05, 3.63) is 28.8 Å². The lowest BCUT2D eigenvalue weighted by atomic mass is 9.98. The maximum absolute atomic E-state index is 10.1. The van der Waals surface area contributed by atoms with Crippen LogP contribution in [-0.2, 0) is 0 Å². The van der Waals surface area contributed by atoms with Crippen LogP contribution in [0.25, 0.3) is 0 Å². The third-order valence-electron chi connectivity index (χ3n) is 3.90. The summed E-state index contributed by atoms with van der Waals surface area (Å²) in [7, 11) is 0. The number of aliphatic hydroxyl groups is 1. The third-order valence-corrected chi connectivity index (χ3v) is 4.23. The van der Waals surface area contributed by atoms with Gasteiger partial charge in [-0.1, -0.05) is 17.7 Å². The molecule has 2 atom stereocenters. The van der Waals surface area contributed by atoms with Gasteiger partial charge in [0, 0.05) is 29.8 Å². The summed E-state index contributed by atoms with van der Waals surface area (Å²) in [6.45, 7) is 5.68. The first kappa shape index (κ1) is 14.6. The Labute approximate surface area is 120 Å². The second kappa shape index (κ2) is 5.70. The third kappa shape index (κ3) is 3.62. The van der Waals surface area contributed by atoms with Crippen LogP contribution in [0.2, 0.25) is 5.02 Å². The molecule has 106 valence electrons. The molecular formula is C15H23ClN2O. The van der Waals surface area contributed by atoms with E-state index in [-0.39, 0.29) is 6.04 Å². The highest BCUT2D eigenvalue weighted by atomic mass is 35.5. The molecule has 1 fully saturated rings. The Morgan fingerprint density at radius 1 is 1.37 bits per heavy atom. The lowest BCUT2D eigenvalue weighted by molar-refractivity contribution is 0.0481. The minimum Gasteiger partial charge on any atom is -0.390 e. The van der Waals surface area contributed by atoms with E-state index < -0.39 is 5.60 Å². The number of rotatable bonds is 2. The van der Waals surface area contributed by atoms with E-state index in [1.165, 1.54) is 0 Å². The number of anilines is 1. The van der Waals surface area contributed by atoms with Crippen molar-refractivity contribution in [2.75, 3.05) is 18.0 Å². The predicted molar refractivity (Wildman–Crippen MR) is 80.7 cm³/mol. The Kier molecular flexibility index (Phi) is 4.39. The van der Waals surface area contributed by atoms with E-state index in [2.05, 4.69) is 11.0 Å². The summed E-state index contributed by atoms with van der Waals surface area (Å²) in [6, 6.07) is 6.02. The number of hydrogen-bond acceptors (Lipinski definition) is 3. The number of benzene rings is 1. The minimum atomic E-state index is -0.537. The van der Waals surface area contributed by atoms with Crippen molar-refractivity contribution in [1.82, 2.24) is 0 Å². The van der Waals surface area contributed by atoms with Gasteiger partial charge in [0.25, 0.3) is 0 Å². The molecule has 1 aromatic carbocycles. The number of nitrogens with zero attached hydrogens (tertiary/aromatic N) is 1. The molecule has 1 aromatic rings. The van der Waals surface area contributed by atoms with Crippen LogP contribution in [0.4, 0.5) is 5.69 Å². The molecule has 0 amide bonds. The van der Waals surface area contributed by atoms with Gasteiger partial charge >= 0.3 is 0 Å². The first-order valence-corrected chi connectivity index (χ1v) is 7.29. The van der Waals surface area contributed by atoms with Gasteiger partial charge in [-0.25, -0.2) is 0 Å². The van der Waals surface area contributed by atoms with E-state index in [0.29, 0.717) is 0 Å². The Hall–Kier alpha value is -0.770. The molecule has 0 bridgehead atoms. The molecule has 2 unspecified atom stereocenters. The second-order valence-corrected chi connectivity index (χ2v) is 6.24. The summed E-state index contributed by atoms with van der Waals surface area (Å²) in [5, 5.41) is 10.8. The monoisotopic (exact) mass is 282 g/mol. The Morgan fingerprint density at radius 3 is 2.74 bits per heavy atom. The lowest BCUT2D eigenvalue weighted by Gasteiger charge is -2.25. The average molecular weight is 283 g/mol. The zero-order valence-corrected chi connectivity index (χ0v) is 12.5. The highest BCUT2D eigenvalue weighted by Crippen LogP contribution is 2.30. The molecule has 0 saturated carbocycles. The predicted octanol–water partition coefficient (Wildman–Crippen LogP) is 3.10. The molecule has 1 saturated heterocycles. The molecule has 4 heteroatoms. The molecular weight excluding hydrogens is 260 g/mol. The van der Waals surface area contributed by atoms with Gasteiger partial charge in [-0.15, -0.1) is 0 Å². The van der Waals surface area contributed by atoms with Crippen molar-refractivity contribution in [2.24, 2.45) is 5.73 Å². The van der Waals surface area contributed by atoms with Crippen LogP contribution in [-0.4, -0.2) is 23.8 Å². The number of hydrogen-bond donors (Lipinski definition) is 2. The average Bonchev–Trinajstić information content (AvgIpc) is 2.49. The van der Waals surface area contributed by atoms with E-state index >= 15 is 0 Å². The fraction of sp³-hybridized carbons (Fsp3) is 0.600. The molecule has 1 aliphatic heterocycles. The first-order chi connectivity index (χ1) is 8.89. The van der Waals surface area contributed by atoms with Crippen LogP contribution in [0.3, 0.4) is 0 Å². The highest BCUT2D eigenvalue weighted by molar-refractivity contribution is 6.31. The van der Waals surface area contributed by atoms with Gasteiger partial charge < -0.3 is 15.7 Å². The fourth-order valence-corrected chi connectivity index (χ4v) is 2.95. The van der Waals surface area contributed by atoms with Gasteiger partial charge in [0.15, 0.2) is 0 Å². The van der Waals surface area contributed by atoms with Gasteiger partial charge in [-0.05, 0) is 50.8 Å². The van der Waals surface area contributed by atoms with E-state index in [4.69, 9.17) is 17.3 Å².